The van der Waals surface area contributed by atoms with Crippen molar-refractivity contribution in [2.24, 2.45) is 0 Å². The third-order valence-corrected chi connectivity index (χ3v) is 4.82. The van der Waals surface area contributed by atoms with Crippen LogP contribution in [0.3, 0.4) is 0 Å². The van der Waals surface area contributed by atoms with Gasteiger partial charge in [0.15, 0.2) is 5.11 Å². The van der Waals surface area contributed by atoms with Gasteiger partial charge in [-0.05, 0) is 78.8 Å². The number of benzene rings is 3. The summed E-state index contributed by atoms with van der Waals surface area (Å²) in [7, 11) is 0. The molecule has 0 atom stereocenters. The molecule has 7 nitrogen and oxygen atoms in total. The lowest BCUT2D eigenvalue weighted by Gasteiger charge is -2.11. The Labute approximate surface area is 201 Å². The van der Waals surface area contributed by atoms with Crippen molar-refractivity contribution in [2.45, 2.75) is 6.92 Å². The van der Waals surface area contributed by atoms with E-state index in [2.05, 4.69) is 21.5 Å². The van der Waals surface area contributed by atoms with Crippen molar-refractivity contribution >= 4 is 46.8 Å². The Kier molecular flexibility index (Phi) is 8.20. The minimum Gasteiger partial charge on any atom is -0.322 e. The van der Waals surface area contributed by atoms with Crippen LogP contribution in [0.25, 0.3) is 6.08 Å². The van der Waals surface area contributed by atoms with Crippen LogP contribution in [0.2, 0.25) is 0 Å². The maximum atomic E-state index is 12.9. The van der Waals surface area contributed by atoms with E-state index in [4.69, 9.17) is 12.2 Å². The molecule has 0 bridgehead atoms. The van der Waals surface area contributed by atoms with E-state index in [1.54, 1.807) is 24.3 Å². The van der Waals surface area contributed by atoms with Gasteiger partial charge in [0.25, 0.3) is 11.8 Å². The van der Waals surface area contributed by atoms with E-state index in [0.717, 1.165) is 5.56 Å². The van der Waals surface area contributed by atoms with Crippen molar-refractivity contribution < 1.29 is 18.8 Å². The number of halogens is 1. The molecule has 3 amide bonds. The van der Waals surface area contributed by atoms with Gasteiger partial charge >= 0.3 is 0 Å². The summed E-state index contributed by atoms with van der Waals surface area (Å²) in [5, 5.41) is 5.05. The Balaban J connectivity index is 1.46. The Bertz CT molecular complexity index is 1240. The van der Waals surface area contributed by atoms with Gasteiger partial charge in [-0.3, -0.25) is 30.6 Å². The number of amides is 3. The van der Waals surface area contributed by atoms with Crippen molar-refractivity contribution in [3.63, 3.8) is 0 Å². The maximum Gasteiger partial charge on any atom is 0.269 e. The molecule has 0 aliphatic carbocycles. The molecule has 172 valence electrons. The van der Waals surface area contributed by atoms with E-state index in [9.17, 15) is 18.8 Å². The van der Waals surface area contributed by atoms with Crippen LogP contribution in [0.1, 0.15) is 31.8 Å². The molecule has 0 spiro atoms. The lowest BCUT2D eigenvalue weighted by Crippen LogP contribution is -2.48. The average molecular weight is 477 g/mol. The summed E-state index contributed by atoms with van der Waals surface area (Å²) < 4.78 is 12.9. The second-order valence-electron chi connectivity index (χ2n) is 7.13. The number of anilines is 1. The molecule has 0 unspecified atom stereocenters. The highest BCUT2D eigenvalue weighted by Crippen LogP contribution is 2.13. The van der Waals surface area contributed by atoms with Crippen LogP contribution in [0, 0.1) is 12.7 Å². The molecule has 4 N–H and O–H groups in total. The van der Waals surface area contributed by atoms with E-state index >= 15 is 0 Å². The maximum absolute atomic E-state index is 12.9. The van der Waals surface area contributed by atoms with Gasteiger partial charge in [0.1, 0.15) is 5.82 Å². The van der Waals surface area contributed by atoms with E-state index in [1.165, 1.54) is 48.6 Å². The highest BCUT2D eigenvalue weighted by atomic mass is 32.1. The van der Waals surface area contributed by atoms with E-state index in [0.29, 0.717) is 22.4 Å². The number of rotatable bonds is 5. The van der Waals surface area contributed by atoms with Gasteiger partial charge in [-0.2, -0.15) is 0 Å². The molecule has 0 saturated carbocycles. The van der Waals surface area contributed by atoms with Crippen molar-refractivity contribution in [2.75, 3.05) is 5.32 Å². The fourth-order valence-electron chi connectivity index (χ4n) is 2.85. The fourth-order valence-corrected chi connectivity index (χ4v) is 3.00. The highest BCUT2D eigenvalue weighted by Gasteiger charge is 2.10. The molecule has 34 heavy (non-hydrogen) atoms. The predicted molar refractivity (Wildman–Crippen MR) is 132 cm³/mol. The van der Waals surface area contributed by atoms with Gasteiger partial charge in [-0.1, -0.05) is 30.3 Å². The summed E-state index contributed by atoms with van der Waals surface area (Å²) in [6, 6.07) is 19.1. The van der Waals surface area contributed by atoms with Crippen LogP contribution in [0.5, 0.6) is 0 Å². The summed E-state index contributed by atoms with van der Waals surface area (Å²) in [6.45, 7) is 1.85. The smallest absolute Gasteiger partial charge is 0.269 e. The van der Waals surface area contributed by atoms with Crippen LogP contribution in [0.4, 0.5) is 10.1 Å². The van der Waals surface area contributed by atoms with Crippen LogP contribution >= 0.6 is 12.2 Å². The number of nitrogens with one attached hydrogen (secondary N) is 4. The molecule has 9 heteroatoms. The quantitative estimate of drug-likeness (QED) is 0.256. The molecular weight excluding hydrogens is 455 g/mol. The molecule has 3 rings (SSSR count). The van der Waals surface area contributed by atoms with Crippen molar-refractivity contribution in [3.8, 4) is 0 Å². The minimum absolute atomic E-state index is 0.107. The Morgan fingerprint density at radius 1 is 0.853 bits per heavy atom. The second kappa shape index (κ2) is 11.5. The standard InChI is InChI=1S/C25H21FN4O3S/c1-16-4-2-3-5-21(16)24(33)27-20-13-9-18(10-14-20)23(32)29-30-25(34)28-22(31)15-8-17-6-11-19(26)12-7-17/h2-15H,1H3,(H,27,33)(H,29,32)(H2,28,30,31,34)/b15-8+. The molecule has 0 aliphatic heterocycles. The monoisotopic (exact) mass is 476 g/mol. The Morgan fingerprint density at radius 3 is 2.21 bits per heavy atom. The lowest BCUT2D eigenvalue weighted by molar-refractivity contribution is -0.115. The zero-order valence-electron chi connectivity index (χ0n) is 18.1. The number of hydrogen-bond acceptors (Lipinski definition) is 4. The summed E-state index contributed by atoms with van der Waals surface area (Å²) in [5.41, 5.74) is 7.73. The molecular formula is C25H21FN4O3S. The highest BCUT2D eigenvalue weighted by molar-refractivity contribution is 7.80. The number of hydrazine groups is 1. The number of aryl methyl sites for hydroxylation is 1. The van der Waals surface area contributed by atoms with E-state index in [-0.39, 0.29) is 16.8 Å². The normalized spacial score (nSPS) is 10.4. The zero-order chi connectivity index (χ0) is 24.5. The summed E-state index contributed by atoms with van der Waals surface area (Å²) in [5.74, 6) is -1.63. The summed E-state index contributed by atoms with van der Waals surface area (Å²) >= 11 is 4.98. The topological polar surface area (TPSA) is 99.3 Å². The first-order chi connectivity index (χ1) is 16.3. The first-order valence-electron chi connectivity index (χ1n) is 10.1. The lowest BCUT2D eigenvalue weighted by atomic mass is 10.1. The van der Waals surface area contributed by atoms with Crippen LogP contribution < -0.4 is 21.5 Å². The SMILES string of the molecule is Cc1ccccc1C(=O)Nc1ccc(C(=O)NNC(=S)NC(=O)/C=C/c2ccc(F)cc2)cc1. The fraction of sp³-hybridized carbons (Fsp3) is 0.0400. The van der Waals surface area contributed by atoms with Crippen LogP contribution in [0.15, 0.2) is 78.9 Å². The summed E-state index contributed by atoms with van der Waals surface area (Å²) in [6.07, 6.45) is 2.72. The number of carbonyl (C=O) groups excluding carboxylic acids is 3. The first-order valence-corrected chi connectivity index (χ1v) is 10.5. The van der Waals surface area contributed by atoms with Crippen LogP contribution in [-0.4, -0.2) is 22.8 Å². The van der Waals surface area contributed by atoms with Crippen molar-refractivity contribution in [1.82, 2.24) is 16.2 Å². The molecule has 0 heterocycles. The van der Waals surface area contributed by atoms with Gasteiger partial charge in [-0.25, -0.2) is 4.39 Å². The number of hydrogen-bond donors (Lipinski definition) is 4. The number of carbonyl (C=O) groups is 3. The largest absolute Gasteiger partial charge is 0.322 e. The average Bonchev–Trinajstić information content (AvgIpc) is 2.83. The van der Waals surface area contributed by atoms with E-state index in [1.807, 2.05) is 19.1 Å². The molecule has 3 aromatic carbocycles. The van der Waals surface area contributed by atoms with Crippen LogP contribution in [-0.2, 0) is 4.79 Å². The Hall–Kier alpha value is -4.37. The molecule has 3 aromatic rings. The summed E-state index contributed by atoms with van der Waals surface area (Å²) in [4.78, 5) is 36.6. The van der Waals surface area contributed by atoms with Gasteiger partial charge in [0, 0.05) is 22.9 Å². The van der Waals surface area contributed by atoms with Crippen molar-refractivity contribution in [3.05, 3.63) is 107 Å². The third kappa shape index (κ3) is 7.07. The van der Waals surface area contributed by atoms with Gasteiger partial charge in [-0.15, -0.1) is 0 Å². The molecule has 0 aliphatic rings. The van der Waals surface area contributed by atoms with Crippen molar-refractivity contribution in [1.29, 1.82) is 0 Å². The second-order valence-corrected chi connectivity index (χ2v) is 7.54. The minimum atomic E-state index is -0.523. The zero-order valence-corrected chi connectivity index (χ0v) is 18.9. The van der Waals surface area contributed by atoms with E-state index < -0.39 is 11.8 Å². The predicted octanol–water partition coefficient (Wildman–Crippen LogP) is 3.74. The third-order valence-electron chi connectivity index (χ3n) is 4.62. The van der Waals surface area contributed by atoms with Gasteiger partial charge in [0.05, 0.1) is 0 Å². The molecule has 0 radical (unpaired) electrons. The first kappa shape index (κ1) is 24.3. The molecule has 0 aromatic heterocycles. The number of thiocarbonyl (C=S) groups is 1. The van der Waals surface area contributed by atoms with Gasteiger partial charge < -0.3 is 5.32 Å². The molecule has 0 saturated heterocycles. The Morgan fingerprint density at radius 2 is 1.53 bits per heavy atom. The van der Waals surface area contributed by atoms with Gasteiger partial charge in [0.2, 0.25) is 5.91 Å². The molecule has 0 fully saturated rings.